The molecule has 0 aliphatic rings. The summed E-state index contributed by atoms with van der Waals surface area (Å²) in [5.74, 6) is -1.90. The maximum atomic E-state index is 13.4. The number of imidazole rings is 1. The van der Waals surface area contributed by atoms with Crippen molar-refractivity contribution in [3.63, 3.8) is 0 Å². The molecule has 0 radical (unpaired) electrons. The molecule has 1 atom stereocenters. The number of rotatable bonds is 6. The molecular formula is C17H15ClF2N2O2. The molecule has 0 saturated heterocycles. The molecule has 0 aliphatic heterocycles. The van der Waals surface area contributed by atoms with E-state index >= 15 is 0 Å². The van der Waals surface area contributed by atoms with Crippen LogP contribution >= 0.6 is 11.6 Å². The van der Waals surface area contributed by atoms with Crippen molar-refractivity contribution < 1.29 is 18.6 Å². The lowest BCUT2D eigenvalue weighted by Gasteiger charge is -2.13. The van der Waals surface area contributed by atoms with Crippen LogP contribution in [0.4, 0.5) is 8.78 Å². The van der Waals surface area contributed by atoms with Crippen molar-refractivity contribution in [3.8, 4) is 0 Å². The Hall–Kier alpha value is -2.02. The normalized spacial score (nSPS) is 12.7. The van der Waals surface area contributed by atoms with Crippen molar-refractivity contribution in [2.75, 3.05) is 6.61 Å². The molecule has 0 bridgehead atoms. The zero-order valence-corrected chi connectivity index (χ0v) is 13.4. The number of halogens is 3. The molecule has 0 amide bonds. The van der Waals surface area contributed by atoms with E-state index in [4.69, 9.17) is 16.3 Å². The first kappa shape index (κ1) is 16.8. The Bertz CT molecular complexity index is 854. The number of hydrogen-bond donors (Lipinski definition) is 1. The number of ether oxygens (including phenoxy) is 1. The van der Waals surface area contributed by atoms with Crippen molar-refractivity contribution in [2.45, 2.75) is 19.3 Å². The van der Waals surface area contributed by atoms with Gasteiger partial charge in [-0.1, -0.05) is 29.8 Å². The molecule has 0 aliphatic carbocycles. The molecule has 1 unspecified atom stereocenters. The first-order valence-electron chi connectivity index (χ1n) is 7.33. The SMILES string of the molecule is OC(COCc1ccccc1Cl)Cn1cnc2cc(F)c(F)cc21. The second kappa shape index (κ2) is 7.25. The summed E-state index contributed by atoms with van der Waals surface area (Å²) >= 11 is 6.03. The van der Waals surface area contributed by atoms with Gasteiger partial charge in [-0.25, -0.2) is 13.8 Å². The van der Waals surface area contributed by atoms with Gasteiger partial charge in [0.15, 0.2) is 11.6 Å². The Morgan fingerprint density at radius 1 is 1.21 bits per heavy atom. The van der Waals surface area contributed by atoms with E-state index in [1.54, 1.807) is 10.6 Å². The molecule has 126 valence electrons. The van der Waals surface area contributed by atoms with Gasteiger partial charge in [-0.05, 0) is 11.6 Å². The standard InChI is InChI=1S/C17H15ClF2N2O2/c18-13-4-2-1-3-11(13)8-24-9-12(23)7-22-10-21-16-5-14(19)15(20)6-17(16)22/h1-6,10,12,23H,7-9H2. The summed E-state index contributed by atoms with van der Waals surface area (Å²) in [7, 11) is 0. The number of benzene rings is 2. The maximum absolute atomic E-state index is 13.4. The van der Waals surface area contributed by atoms with Crippen LogP contribution in [0.15, 0.2) is 42.7 Å². The van der Waals surface area contributed by atoms with Gasteiger partial charge in [0.25, 0.3) is 0 Å². The first-order valence-corrected chi connectivity index (χ1v) is 7.71. The Morgan fingerprint density at radius 2 is 1.96 bits per heavy atom. The molecule has 4 nitrogen and oxygen atoms in total. The van der Waals surface area contributed by atoms with Crippen molar-refractivity contribution in [2.24, 2.45) is 0 Å². The van der Waals surface area contributed by atoms with Crippen LogP contribution < -0.4 is 0 Å². The molecule has 0 saturated carbocycles. The van der Waals surface area contributed by atoms with E-state index in [0.29, 0.717) is 16.1 Å². The van der Waals surface area contributed by atoms with Crippen LogP contribution in [0.1, 0.15) is 5.56 Å². The monoisotopic (exact) mass is 352 g/mol. The van der Waals surface area contributed by atoms with E-state index in [1.165, 1.54) is 6.33 Å². The molecule has 3 rings (SSSR count). The molecule has 0 fully saturated rings. The number of aliphatic hydroxyl groups is 1. The number of fused-ring (bicyclic) bond motifs is 1. The summed E-state index contributed by atoms with van der Waals surface area (Å²) in [6.07, 6.45) is 0.610. The second-order valence-electron chi connectivity index (χ2n) is 5.41. The number of hydrogen-bond acceptors (Lipinski definition) is 3. The van der Waals surface area contributed by atoms with Crippen molar-refractivity contribution in [3.05, 3.63) is 64.9 Å². The summed E-state index contributed by atoms with van der Waals surface area (Å²) in [6.45, 7) is 0.514. The smallest absolute Gasteiger partial charge is 0.161 e. The topological polar surface area (TPSA) is 47.3 Å². The van der Waals surface area contributed by atoms with Gasteiger partial charge in [-0.15, -0.1) is 0 Å². The Balaban J connectivity index is 1.60. The third-order valence-electron chi connectivity index (χ3n) is 3.60. The van der Waals surface area contributed by atoms with Gasteiger partial charge in [-0.3, -0.25) is 0 Å². The van der Waals surface area contributed by atoms with Gasteiger partial charge < -0.3 is 14.4 Å². The molecular weight excluding hydrogens is 338 g/mol. The zero-order chi connectivity index (χ0) is 17.1. The van der Waals surface area contributed by atoms with E-state index in [-0.39, 0.29) is 19.8 Å². The lowest BCUT2D eigenvalue weighted by Crippen LogP contribution is -2.21. The molecule has 1 heterocycles. The van der Waals surface area contributed by atoms with Gasteiger partial charge in [0.1, 0.15) is 0 Å². The largest absolute Gasteiger partial charge is 0.389 e. The molecule has 24 heavy (non-hydrogen) atoms. The minimum atomic E-state index is -0.950. The Morgan fingerprint density at radius 3 is 2.75 bits per heavy atom. The molecule has 1 N–H and O–H groups in total. The minimum absolute atomic E-state index is 0.0779. The number of aliphatic hydroxyl groups excluding tert-OH is 1. The highest BCUT2D eigenvalue weighted by atomic mass is 35.5. The molecule has 2 aromatic carbocycles. The third kappa shape index (κ3) is 3.72. The maximum Gasteiger partial charge on any atom is 0.161 e. The third-order valence-corrected chi connectivity index (χ3v) is 3.96. The molecule has 1 aromatic heterocycles. The van der Waals surface area contributed by atoms with E-state index in [2.05, 4.69) is 4.98 Å². The van der Waals surface area contributed by atoms with E-state index < -0.39 is 17.7 Å². The number of nitrogens with zero attached hydrogens (tertiary/aromatic N) is 2. The summed E-state index contributed by atoms with van der Waals surface area (Å²) < 4.78 is 33.6. The van der Waals surface area contributed by atoms with Crippen molar-refractivity contribution in [1.29, 1.82) is 0 Å². The zero-order valence-electron chi connectivity index (χ0n) is 12.6. The van der Waals surface area contributed by atoms with Crippen LogP contribution in [0.2, 0.25) is 5.02 Å². The van der Waals surface area contributed by atoms with Crippen LogP contribution in [0.25, 0.3) is 11.0 Å². The molecule has 0 spiro atoms. The highest BCUT2D eigenvalue weighted by molar-refractivity contribution is 6.31. The van der Waals surface area contributed by atoms with E-state index in [0.717, 1.165) is 17.7 Å². The summed E-state index contributed by atoms with van der Waals surface area (Å²) in [6, 6.07) is 9.38. The van der Waals surface area contributed by atoms with Gasteiger partial charge in [0.05, 0.1) is 43.2 Å². The average molecular weight is 353 g/mol. The average Bonchev–Trinajstić information content (AvgIpc) is 2.92. The fourth-order valence-electron chi connectivity index (χ4n) is 2.40. The Labute approximate surface area is 142 Å². The van der Waals surface area contributed by atoms with Crippen LogP contribution in [0.5, 0.6) is 0 Å². The lowest BCUT2D eigenvalue weighted by molar-refractivity contribution is 0.0209. The molecule has 3 aromatic rings. The predicted octanol–water partition coefficient (Wildman–Crippen LogP) is 3.55. The first-order chi connectivity index (χ1) is 11.5. The highest BCUT2D eigenvalue weighted by Crippen LogP contribution is 2.18. The lowest BCUT2D eigenvalue weighted by atomic mass is 10.2. The van der Waals surface area contributed by atoms with Crippen LogP contribution in [-0.2, 0) is 17.9 Å². The van der Waals surface area contributed by atoms with E-state index in [9.17, 15) is 13.9 Å². The van der Waals surface area contributed by atoms with Crippen LogP contribution in [-0.4, -0.2) is 27.4 Å². The van der Waals surface area contributed by atoms with Crippen molar-refractivity contribution in [1.82, 2.24) is 9.55 Å². The number of aromatic nitrogens is 2. The fourth-order valence-corrected chi connectivity index (χ4v) is 2.59. The van der Waals surface area contributed by atoms with Gasteiger partial charge in [0, 0.05) is 17.2 Å². The highest BCUT2D eigenvalue weighted by Gasteiger charge is 2.12. The summed E-state index contributed by atoms with van der Waals surface area (Å²) in [5.41, 5.74) is 1.58. The minimum Gasteiger partial charge on any atom is -0.389 e. The van der Waals surface area contributed by atoms with Gasteiger partial charge >= 0.3 is 0 Å². The summed E-state index contributed by atoms with van der Waals surface area (Å²) in [5, 5.41) is 10.7. The van der Waals surface area contributed by atoms with Gasteiger partial charge in [-0.2, -0.15) is 0 Å². The second-order valence-corrected chi connectivity index (χ2v) is 5.82. The van der Waals surface area contributed by atoms with Crippen LogP contribution in [0, 0.1) is 11.6 Å². The van der Waals surface area contributed by atoms with E-state index in [1.807, 2.05) is 18.2 Å². The Kier molecular flexibility index (Phi) is 5.08. The van der Waals surface area contributed by atoms with Crippen LogP contribution in [0.3, 0.4) is 0 Å². The predicted molar refractivity (Wildman–Crippen MR) is 86.8 cm³/mol. The van der Waals surface area contributed by atoms with Gasteiger partial charge in [0.2, 0.25) is 0 Å². The quantitative estimate of drug-likeness (QED) is 0.738. The van der Waals surface area contributed by atoms with Crippen molar-refractivity contribution >= 4 is 22.6 Å². The fraction of sp³-hybridized carbons (Fsp3) is 0.235. The summed E-state index contributed by atoms with van der Waals surface area (Å²) in [4.78, 5) is 4.00. The molecule has 7 heteroatoms.